The van der Waals surface area contributed by atoms with Gasteiger partial charge in [0.2, 0.25) is 5.91 Å². The highest BCUT2D eigenvalue weighted by Crippen LogP contribution is 2.17. The summed E-state index contributed by atoms with van der Waals surface area (Å²) in [4.78, 5) is 35.6. The lowest BCUT2D eigenvalue weighted by Crippen LogP contribution is -2.50. The Morgan fingerprint density at radius 2 is 2.11 bits per heavy atom. The Balaban J connectivity index is 2.48. The zero-order chi connectivity index (χ0) is 14.4. The van der Waals surface area contributed by atoms with Crippen molar-refractivity contribution in [2.24, 2.45) is 0 Å². The zero-order valence-corrected chi connectivity index (χ0v) is 11.3. The van der Waals surface area contributed by atoms with E-state index in [1.165, 1.54) is 4.90 Å². The Morgan fingerprint density at radius 1 is 1.42 bits per heavy atom. The monoisotopic (exact) mass is 271 g/mol. The molecule has 3 N–H and O–H groups in total. The van der Waals surface area contributed by atoms with Crippen molar-refractivity contribution in [1.29, 1.82) is 0 Å². The maximum Gasteiger partial charge on any atom is 0.318 e. The molecule has 7 heteroatoms. The van der Waals surface area contributed by atoms with Gasteiger partial charge in [0.05, 0.1) is 0 Å². The highest BCUT2D eigenvalue weighted by molar-refractivity contribution is 5.87. The van der Waals surface area contributed by atoms with Gasteiger partial charge < -0.3 is 20.6 Å². The van der Waals surface area contributed by atoms with Crippen LogP contribution < -0.4 is 10.6 Å². The molecule has 0 aromatic heterocycles. The molecule has 2 atom stereocenters. The summed E-state index contributed by atoms with van der Waals surface area (Å²) in [7, 11) is 1.55. The average Bonchev–Trinajstić information content (AvgIpc) is 2.84. The van der Waals surface area contributed by atoms with Gasteiger partial charge in [0.25, 0.3) is 0 Å². The van der Waals surface area contributed by atoms with Crippen LogP contribution in [-0.2, 0) is 9.59 Å². The first-order chi connectivity index (χ1) is 8.95. The van der Waals surface area contributed by atoms with Crippen molar-refractivity contribution in [3.05, 3.63) is 0 Å². The summed E-state index contributed by atoms with van der Waals surface area (Å²) in [5.74, 6) is -1.05. The highest BCUT2D eigenvalue weighted by Gasteiger charge is 2.33. The van der Waals surface area contributed by atoms with Gasteiger partial charge in [-0.25, -0.2) is 4.79 Å². The van der Waals surface area contributed by atoms with Crippen molar-refractivity contribution >= 4 is 17.9 Å². The summed E-state index contributed by atoms with van der Waals surface area (Å²) in [5.41, 5.74) is 0. The van der Waals surface area contributed by atoms with E-state index in [0.717, 1.165) is 6.42 Å². The van der Waals surface area contributed by atoms with Crippen LogP contribution >= 0.6 is 0 Å². The van der Waals surface area contributed by atoms with E-state index >= 15 is 0 Å². The van der Waals surface area contributed by atoms with E-state index in [1.54, 1.807) is 14.0 Å². The van der Waals surface area contributed by atoms with Gasteiger partial charge in [0.15, 0.2) is 0 Å². The topological polar surface area (TPSA) is 98.7 Å². The fourth-order valence-corrected chi connectivity index (χ4v) is 2.15. The number of likely N-dealkylation sites (N-methyl/N-ethyl adjacent to an activating group) is 1. The van der Waals surface area contributed by atoms with Crippen LogP contribution in [0.3, 0.4) is 0 Å². The second-order valence-corrected chi connectivity index (χ2v) is 4.75. The van der Waals surface area contributed by atoms with Crippen LogP contribution in [0.15, 0.2) is 0 Å². The van der Waals surface area contributed by atoms with Crippen LogP contribution in [0.2, 0.25) is 0 Å². The van der Waals surface area contributed by atoms with Gasteiger partial charge in [-0.2, -0.15) is 0 Å². The minimum atomic E-state index is -0.884. The second-order valence-electron chi connectivity index (χ2n) is 4.75. The van der Waals surface area contributed by atoms with Crippen LogP contribution in [0, 0.1) is 0 Å². The van der Waals surface area contributed by atoms with E-state index in [4.69, 9.17) is 5.11 Å². The molecule has 1 saturated heterocycles. The largest absolute Gasteiger partial charge is 0.481 e. The molecule has 0 aromatic rings. The van der Waals surface area contributed by atoms with Gasteiger partial charge in [0.1, 0.15) is 6.04 Å². The lowest BCUT2D eigenvalue weighted by atomic mass is 10.2. The smallest absolute Gasteiger partial charge is 0.318 e. The van der Waals surface area contributed by atoms with Crippen LogP contribution in [0.4, 0.5) is 4.79 Å². The number of urea groups is 1. The number of nitrogens with zero attached hydrogens (tertiary/aromatic N) is 1. The highest BCUT2D eigenvalue weighted by atomic mass is 16.4. The van der Waals surface area contributed by atoms with Gasteiger partial charge in [-0.15, -0.1) is 0 Å². The van der Waals surface area contributed by atoms with Gasteiger partial charge >= 0.3 is 12.0 Å². The van der Waals surface area contributed by atoms with Crippen molar-refractivity contribution in [2.75, 3.05) is 13.6 Å². The number of amides is 3. The lowest BCUT2D eigenvalue weighted by Gasteiger charge is -2.25. The third-order valence-electron chi connectivity index (χ3n) is 3.22. The minimum absolute atomic E-state index is 0.0142. The molecule has 0 bridgehead atoms. The maximum absolute atomic E-state index is 12.0. The Morgan fingerprint density at radius 3 is 2.68 bits per heavy atom. The molecule has 19 heavy (non-hydrogen) atoms. The van der Waals surface area contributed by atoms with E-state index in [2.05, 4.69) is 10.6 Å². The zero-order valence-electron chi connectivity index (χ0n) is 11.3. The maximum atomic E-state index is 12.0. The van der Waals surface area contributed by atoms with E-state index in [1.807, 2.05) is 0 Å². The molecule has 1 heterocycles. The molecule has 108 valence electrons. The van der Waals surface area contributed by atoms with E-state index < -0.39 is 12.0 Å². The van der Waals surface area contributed by atoms with Crippen molar-refractivity contribution in [3.63, 3.8) is 0 Å². The third-order valence-corrected chi connectivity index (χ3v) is 3.22. The first kappa shape index (κ1) is 15.3. The molecular formula is C12H21N3O4. The number of likely N-dealkylation sites (tertiary alicyclic amines) is 1. The molecule has 1 aliphatic heterocycles. The van der Waals surface area contributed by atoms with Crippen LogP contribution in [0.5, 0.6) is 0 Å². The fraction of sp³-hybridized carbons (Fsp3) is 0.750. The summed E-state index contributed by atoms with van der Waals surface area (Å²) in [5, 5.41) is 13.9. The summed E-state index contributed by atoms with van der Waals surface area (Å²) in [6.07, 6.45) is 1.85. The first-order valence-corrected chi connectivity index (χ1v) is 6.46. The minimum Gasteiger partial charge on any atom is -0.481 e. The number of aliphatic carboxylic acids is 1. The number of carbonyl (C=O) groups is 3. The van der Waals surface area contributed by atoms with E-state index in [-0.39, 0.29) is 24.4 Å². The van der Waals surface area contributed by atoms with E-state index in [9.17, 15) is 14.4 Å². The molecule has 1 rings (SSSR count). The summed E-state index contributed by atoms with van der Waals surface area (Å²) >= 11 is 0. The van der Waals surface area contributed by atoms with Gasteiger partial charge in [0, 0.05) is 26.1 Å². The number of rotatable bonds is 5. The molecule has 7 nitrogen and oxygen atoms in total. The van der Waals surface area contributed by atoms with E-state index in [0.29, 0.717) is 19.4 Å². The Kier molecular flexibility index (Phi) is 5.59. The number of carboxylic acids is 1. The van der Waals surface area contributed by atoms with Crippen molar-refractivity contribution in [3.8, 4) is 0 Å². The summed E-state index contributed by atoms with van der Waals surface area (Å²) < 4.78 is 0. The SMILES string of the molecule is CNC(=O)C1CCCN1C(=O)NC(C)CCC(=O)O. The number of hydrogen-bond donors (Lipinski definition) is 3. The predicted molar refractivity (Wildman–Crippen MR) is 68.7 cm³/mol. The number of carbonyl (C=O) groups excluding carboxylic acids is 2. The van der Waals surface area contributed by atoms with Gasteiger partial charge in [-0.05, 0) is 26.2 Å². The molecule has 0 aromatic carbocycles. The predicted octanol–water partition coefficient (Wildman–Crippen LogP) is 0.160. The van der Waals surface area contributed by atoms with Crippen LogP contribution in [-0.4, -0.2) is 53.6 Å². The molecule has 0 radical (unpaired) electrons. The summed E-state index contributed by atoms with van der Waals surface area (Å²) in [6.45, 7) is 2.31. The van der Waals surface area contributed by atoms with Crippen molar-refractivity contribution in [1.82, 2.24) is 15.5 Å². The number of hydrogen-bond acceptors (Lipinski definition) is 3. The molecule has 1 fully saturated rings. The van der Waals surface area contributed by atoms with Crippen molar-refractivity contribution in [2.45, 2.75) is 44.7 Å². The molecule has 2 unspecified atom stereocenters. The van der Waals surface area contributed by atoms with Crippen LogP contribution in [0.25, 0.3) is 0 Å². The molecule has 1 aliphatic rings. The normalized spacial score (nSPS) is 19.9. The molecule has 0 saturated carbocycles. The first-order valence-electron chi connectivity index (χ1n) is 6.46. The third kappa shape index (κ3) is 4.42. The second kappa shape index (κ2) is 6.96. The fourth-order valence-electron chi connectivity index (χ4n) is 2.15. The molecule has 3 amide bonds. The number of nitrogens with one attached hydrogen (secondary N) is 2. The van der Waals surface area contributed by atoms with Gasteiger partial charge in [-0.3, -0.25) is 9.59 Å². The summed E-state index contributed by atoms with van der Waals surface area (Å²) in [6, 6.07) is -0.949. The van der Waals surface area contributed by atoms with Crippen molar-refractivity contribution < 1.29 is 19.5 Å². The standard InChI is InChI=1S/C12H21N3O4/c1-8(5-6-10(16)17)14-12(19)15-7-3-4-9(15)11(18)13-2/h8-9H,3-7H2,1-2H3,(H,13,18)(H,14,19)(H,16,17). The quantitative estimate of drug-likeness (QED) is 0.663. The molecule has 0 aliphatic carbocycles. The Labute approximate surface area is 112 Å². The lowest BCUT2D eigenvalue weighted by molar-refractivity contribution is -0.137. The Bertz CT molecular complexity index is 359. The van der Waals surface area contributed by atoms with Gasteiger partial charge in [-0.1, -0.05) is 0 Å². The molecular weight excluding hydrogens is 250 g/mol. The van der Waals surface area contributed by atoms with Crippen LogP contribution in [0.1, 0.15) is 32.6 Å². The average molecular weight is 271 g/mol. The Hall–Kier alpha value is -1.79. The number of carboxylic acid groups (broad SMARTS) is 1. The molecule has 0 spiro atoms.